The molecular weight excluding hydrogens is 174 g/mol. The first-order valence-electron chi connectivity index (χ1n) is 6.11. The SMILES string of the molecule is CCC(C)[C@H]1COCC2(CCCC2)N1. The molecule has 1 spiro atoms. The molecule has 0 aromatic carbocycles. The van der Waals surface area contributed by atoms with Gasteiger partial charge in [0.15, 0.2) is 0 Å². The standard InChI is InChI=1S/C12H23NO/c1-3-10(2)11-8-14-9-12(13-11)6-4-5-7-12/h10-11,13H,3-9H2,1-2H3/t10?,11-/m1/s1. The first-order valence-corrected chi connectivity index (χ1v) is 6.11. The van der Waals surface area contributed by atoms with E-state index in [1.807, 2.05) is 0 Å². The Hall–Kier alpha value is -0.0800. The van der Waals surface area contributed by atoms with Crippen molar-refractivity contribution in [3.05, 3.63) is 0 Å². The van der Waals surface area contributed by atoms with E-state index in [2.05, 4.69) is 19.2 Å². The van der Waals surface area contributed by atoms with Crippen molar-refractivity contribution >= 4 is 0 Å². The second kappa shape index (κ2) is 4.19. The minimum atomic E-state index is 0.354. The molecule has 82 valence electrons. The summed E-state index contributed by atoms with van der Waals surface area (Å²) in [6.45, 7) is 6.45. The van der Waals surface area contributed by atoms with Crippen molar-refractivity contribution in [1.82, 2.24) is 5.32 Å². The highest BCUT2D eigenvalue weighted by atomic mass is 16.5. The molecule has 1 aliphatic heterocycles. The maximum absolute atomic E-state index is 5.78. The van der Waals surface area contributed by atoms with Crippen LogP contribution < -0.4 is 5.32 Å². The Morgan fingerprint density at radius 1 is 1.43 bits per heavy atom. The first-order chi connectivity index (χ1) is 6.76. The Morgan fingerprint density at radius 2 is 2.14 bits per heavy atom. The van der Waals surface area contributed by atoms with Gasteiger partial charge in [-0.1, -0.05) is 33.1 Å². The van der Waals surface area contributed by atoms with E-state index >= 15 is 0 Å². The minimum absolute atomic E-state index is 0.354. The van der Waals surface area contributed by atoms with Gasteiger partial charge in [0.25, 0.3) is 0 Å². The van der Waals surface area contributed by atoms with Crippen LogP contribution in [0.5, 0.6) is 0 Å². The molecule has 0 amide bonds. The van der Waals surface area contributed by atoms with Crippen molar-refractivity contribution in [2.24, 2.45) is 5.92 Å². The average molecular weight is 197 g/mol. The van der Waals surface area contributed by atoms with Crippen LogP contribution in [-0.4, -0.2) is 24.8 Å². The van der Waals surface area contributed by atoms with Crippen molar-refractivity contribution in [3.63, 3.8) is 0 Å². The largest absolute Gasteiger partial charge is 0.378 e. The lowest BCUT2D eigenvalue weighted by Gasteiger charge is -2.41. The Labute approximate surface area is 87.4 Å². The van der Waals surface area contributed by atoms with Gasteiger partial charge in [0.1, 0.15) is 0 Å². The fourth-order valence-electron chi connectivity index (χ4n) is 2.79. The van der Waals surface area contributed by atoms with Crippen LogP contribution in [0.2, 0.25) is 0 Å². The Morgan fingerprint density at radius 3 is 2.79 bits per heavy atom. The summed E-state index contributed by atoms with van der Waals surface area (Å²) in [5, 5.41) is 3.85. The molecule has 1 heterocycles. The molecule has 1 saturated heterocycles. The molecule has 2 nitrogen and oxygen atoms in total. The fourth-order valence-corrected chi connectivity index (χ4v) is 2.79. The highest BCUT2D eigenvalue weighted by Gasteiger charge is 2.39. The zero-order valence-corrected chi connectivity index (χ0v) is 9.51. The van der Waals surface area contributed by atoms with E-state index < -0.39 is 0 Å². The van der Waals surface area contributed by atoms with Crippen LogP contribution in [0.3, 0.4) is 0 Å². The van der Waals surface area contributed by atoms with Crippen molar-refractivity contribution in [3.8, 4) is 0 Å². The van der Waals surface area contributed by atoms with Gasteiger partial charge >= 0.3 is 0 Å². The molecule has 2 rings (SSSR count). The summed E-state index contributed by atoms with van der Waals surface area (Å²) in [4.78, 5) is 0. The number of rotatable bonds is 2. The molecule has 1 N–H and O–H groups in total. The summed E-state index contributed by atoms with van der Waals surface area (Å²) in [5.74, 6) is 0.743. The molecule has 0 aromatic heterocycles. The van der Waals surface area contributed by atoms with Gasteiger partial charge in [-0.15, -0.1) is 0 Å². The summed E-state index contributed by atoms with van der Waals surface area (Å²) in [6.07, 6.45) is 6.64. The van der Waals surface area contributed by atoms with E-state index in [1.54, 1.807) is 0 Å². The van der Waals surface area contributed by atoms with E-state index in [0.29, 0.717) is 11.6 Å². The number of morpholine rings is 1. The van der Waals surface area contributed by atoms with Gasteiger partial charge in [-0.05, 0) is 18.8 Å². The van der Waals surface area contributed by atoms with Crippen LogP contribution in [0.1, 0.15) is 46.0 Å². The van der Waals surface area contributed by atoms with Crippen LogP contribution in [-0.2, 0) is 4.74 Å². The smallest absolute Gasteiger partial charge is 0.0649 e. The molecule has 0 radical (unpaired) electrons. The van der Waals surface area contributed by atoms with Crippen LogP contribution >= 0.6 is 0 Å². The van der Waals surface area contributed by atoms with Crippen molar-refractivity contribution in [1.29, 1.82) is 0 Å². The van der Waals surface area contributed by atoms with Crippen molar-refractivity contribution in [2.45, 2.75) is 57.5 Å². The predicted molar refractivity (Wildman–Crippen MR) is 58.4 cm³/mol. The Bertz CT molecular complexity index is 187. The van der Waals surface area contributed by atoms with Crippen molar-refractivity contribution < 1.29 is 4.74 Å². The third-order valence-corrected chi connectivity index (χ3v) is 4.06. The monoisotopic (exact) mass is 197 g/mol. The summed E-state index contributed by atoms with van der Waals surface area (Å²) < 4.78 is 5.78. The van der Waals surface area contributed by atoms with E-state index in [1.165, 1.54) is 32.1 Å². The second-order valence-electron chi connectivity index (χ2n) is 5.14. The predicted octanol–water partition coefficient (Wildman–Crippen LogP) is 2.33. The molecule has 0 bridgehead atoms. The van der Waals surface area contributed by atoms with Crippen LogP contribution in [0, 0.1) is 5.92 Å². The highest BCUT2D eigenvalue weighted by Crippen LogP contribution is 2.33. The second-order valence-corrected chi connectivity index (χ2v) is 5.14. The Balaban J connectivity index is 1.96. The molecular formula is C12H23NO. The van der Waals surface area contributed by atoms with Gasteiger partial charge in [0, 0.05) is 11.6 Å². The number of nitrogens with one attached hydrogen (secondary N) is 1. The third-order valence-electron chi connectivity index (χ3n) is 4.06. The maximum Gasteiger partial charge on any atom is 0.0649 e. The number of hydrogen-bond donors (Lipinski definition) is 1. The molecule has 2 aliphatic rings. The maximum atomic E-state index is 5.78. The molecule has 2 atom stereocenters. The van der Waals surface area contributed by atoms with Gasteiger partial charge in [-0.25, -0.2) is 0 Å². The van der Waals surface area contributed by atoms with Gasteiger partial charge in [-0.2, -0.15) is 0 Å². The number of hydrogen-bond acceptors (Lipinski definition) is 2. The lowest BCUT2D eigenvalue weighted by Crippen LogP contribution is -2.59. The molecule has 2 heteroatoms. The molecule has 14 heavy (non-hydrogen) atoms. The summed E-state index contributed by atoms with van der Waals surface area (Å²) >= 11 is 0. The van der Waals surface area contributed by atoms with E-state index in [-0.39, 0.29) is 0 Å². The lowest BCUT2D eigenvalue weighted by molar-refractivity contribution is -0.0131. The minimum Gasteiger partial charge on any atom is -0.378 e. The lowest BCUT2D eigenvalue weighted by atomic mass is 9.90. The first kappa shape index (κ1) is 10.4. The average Bonchev–Trinajstić information content (AvgIpc) is 2.65. The highest BCUT2D eigenvalue weighted by molar-refractivity contribution is 4.98. The van der Waals surface area contributed by atoms with Gasteiger partial charge in [0.2, 0.25) is 0 Å². The fraction of sp³-hybridized carbons (Fsp3) is 1.00. The van der Waals surface area contributed by atoms with Gasteiger partial charge < -0.3 is 10.1 Å². The van der Waals surface area contributed by atoms with Gasteiger partial charge in [-0.3, -0.25) is 0 Å². The molecule has 2 fully saturated rings. The van der Waals surface area contributed by atoms with E-state index in [4.69, 9.17) is 4.74 Å². The van der Waals surface area contributed by atoms with E-state index in [0.717, 1.165) is 19.1 Å². The molecule has 1 unspecified atom stereocenters. The normalized spacial score (nSPS) is 33.4. The molecule has 0 aromatic rings. The van der Waals surface area contributed by atoms with Crippen LogP contribution in [0.15, 0.2) is 0 Å². The van der Waals surface area contributed by atoms with E-state index in [9.17, 15) is 0 Å². The Kier molecular flexibility index (Phi) is 3.13. The number of ether oxygens (including phenoxy) is 1. The summed E-state index contributed by atoms with van der Waals surface area (Å²) in [6, 6.07) is 0.590. The summed E-state index contributed by atoms with van der Waals surface area (Å²) in [7, 11) is 0. The molecule has 1 saturated carbocycles. The van der Waals surface area contributed by atoms with Crippen LogP contribution in [0.4, 0.5) is 0 Å². The quantitative estimate of drug-likeness (QED) is 0.733. The zero-order valence-electron chi connectivity index (χ0n) is 9.51. The summed E-state index contributed by atoms with van der Waals surface area (Å²) in [5.41, 5.74) is 0.354. The topological polar surface area (TPSA) is 21.3 Å². The third kappa shape index (κ3) is 1.96. The van der Waals surface area contributed by atoms with Crippen LogP contribution in [0.25, 0.3) is 0 Å². The molecule has 1 aliphatic carbocycles. The van der Waals surface area contributed by atoms with Gasteiger partial charge in [0.05, 0.1) is 13.2 Å². The van der Waals surface area contributed by atoms with Crippen molar-refractivity contribution in [2.75, 3.05) is 13.2 Å². The zero-order chi connectivity index (χ0) is 10.0.